The standard InChI is InChI=1S/C23H23ClN6OS/c1-15-7-5-8-17(13-15)21-26-25-20(31-21)16(2)32-23-28-27-22(29-11-3-4-12-29)30(23)19-10-6-9-18(24)14-19/h5-10,13-14,16H,3-4,11-12H2,1-2H3. The summed E-state index contributed by atoms with van der Waals surface area (Å²) in [5, 5.41) is 18.9. The Labute approximate surface area is 195 Å². The number of anilines is 1. The maximum absolute atomic E-state index is 6.29. The largest absolute Gasteiger partial charge is 0.419 e. The third-order valence-corrected chi connectivity index (χ3v) is 6.67. The molecule has 0 saturated carbocycles. The van der Waals surface area contributed by atoms with Crippen LogP contribution in [-0.4, -0.2) is 38.1 Å². The monoisotopic (exact) mass is 466 g/mol. The fourth-order valence-electron chi connectivity index (χ4n) is 3.80. The molecule has 0 bridgehead atoms. The first-order chi connectivity index (χ1) is 15.6. The van der Waals surface area contributed by atoms with Crippen molar-refractivity contribution in [2.45, 2.75) is 37.1 Å². The Morgan fingerprint density at radius 3 is 2.59 bits per heavy atom. The summed E-state index contributed by atoms with van der Waals surface area (Å²) in [6.07, 6.45) is 2.32. The number of hydrogen-bond donors (Lipinski definition) is 0. The summed E-state index contributed by atoms with van der Waals surface area (Å²) in [5.41, 5.74) is 3.00. The first kappa shape index (κ1) is 21.0. The molecule has 2 aromatic heterocycles. The van der Waals surface area contributed by atoms with Crippen LogP contribution in [-0.2, 0) is 0 Å². The maximum Gasteiger partial charge on any atom is 0.247 e. The normalized spacial score (nSPS) is 14.8. The summed E-state index contributed by atoms with van der Waals surface area (Å²) in [6, 6.07) is 15.8. The van der Waals surface area contributed by atoms with Gasteiger partial charge in [-0.3, -0.25) is 4.57 Å². The predicted octanol–water partition coefficient (Wildman–Crippen LogP) is 5.73. The van der Waals surface area contributed by atoms with Gasteiger partial charge in [0.15, 0.2) is 5.16 Å². The van der Waals surface area contributed by atoms with E-state index in [9.17, 15) is 0 Å². The van der Waals surface area contributed by atoms with Crippen molar-refractivity contribution < 1.29 is 4.42 Å². The Balaban J connectivity index is 1.45. The summed E-state index contributed by atoms with van der Waals surface area (Å²) in [7, 11) is 0. The van der Waals surface area contributed by atoms with E-state index >= 15 is 0 Å². The maximum atomic E-state index is 6.29. The van der Waals surface area contributed by atoms with Crippen molar-refractivity contribution in [3.8, 4) is 17.1 Å². The number of rotatable bonds is 6. The van der Waals surface area contributed by atoms with E-state index in [-0.39, 0.29) is 5.25 Å². The second kappa shape index (κ2) is 8.96. The first-order valence-electron chi connectivity index (χ1n) is 10.6. The zero-order chi connectivity index (χ0) is 22.1. The Morgan fingerprint density at radius 2 is 1.81 bits per heavy atom. The van der Waals surface area contributed by atoms with Crippen molar-refractivity contribution in [1.29, 1.82) is 0 Å². The van der Waals surface area contributed by atoms with E-state index in [1.54, 1.807) is 0 Å². The van der Waals surface area contributed by atoms with Crippen molar-refractivity contribution in [2.24, 2.45) is 0 Å². The minimum atomic E-state index is -0.102. The number of thioether (sulfide) groups is 1. The van der Waals surface area contributed by atoms with E-state index in [1.165, 1.54) is 11.8 Å². The van der Waals surface area contributed by atoms with Gasteiger partial charge >= 0.3 is 0 Å². The highest BCUT2D eigenvalue weighted by Crippen LogP contribution is 2.37. The van der Waals surface area contributed by atoms with E-state index in [0.29, 0.717) is 16.8 Å². The molecule has 7 nitrogen and oxygen atoms in total. The lowest BCUT2D eigenvalue weighted by Gasteiger charge is -2.19. The van der Waals surface area contributed by atoms with Gasteiger partial charge in [0.05, 0.1) is 10.9 Å². The number of benzene rings is 2. The molecule has 1 atom stereocenters. The summed E-state index contributed by atoms with van der Waals surface area (Å²) in [6.45, 7) is 6.02. The van der Waals surface area contributed by atoms with Gasteiger partial charge in [0.25, 0.3) is 0 Å². The van der Waals surface area contributed by atoms with Crippen LogP contribution < -0.4 is 4.90 Å². The van der Waals surface area contributed by atoms with Gasteiger partial charge in [-0.2, -0.15) is 0 Å². The van der Waals surface area contributed by atoms with Crippen LogP contribution in [0.4, 0.5) is 5.95 Å². The molecule has 1 saturated heterocycles. The number of aromatic nitrogens is 5. The highest BCUT2D eigenvalue weighted by molar-refractivity contribution is 7.99. The molecule has 3 heterocycles. The molecular formula is C23H23ClN6OS. The molecule has 1 fully saturated rings. The Bertz CT molecular complexity index is 1230. The van der Waals surface area contributed by atoms with Crippen LogP contribution in [0, 0.1) is 6.92 Å². The molecule has 32 heavy (non-hydrogen) atoms. The van der Waals surface area contributed by atoms with E-state index in [4.69, 9.17) is 16.0 Å². The zero-order valence-corrected chi connectivity index (χ0v) is 19.5. The zero-order valence-electron chi connectivity index (χ0n) is 17.9. The van der Waals surface area contributed by atoms with Gasteiger partial charge in [0, 0.05) is 23.7 Å². The number of hydrogen-bond acceptors (Lipinski definition) is 7. The van der Waals surface area contributed by atoms with Crippen LogP contribution >= 0.6 is 23.4 Å². The van der Waals surface area contributed by atoms with Crippen LogP contribution in [0.2, 0.25) is 5.02 Å². The molecule has 0 aliphatic carbocycles. The van der Waals surface area contributed by atoms with Gasteiger partial charge < -0.3 is 9.32 Å². The van der Waals surface area contributed by atoms with Crippen LogP contribution in [0.3, 0.4) is 0 Å². The van der Waals surface area contributed by atoms with Gasteiger partial charge in [0.2, 0.25) is 17.7 Å². The minimum Gasteiger partial charge on any atom is -0.419 e. The minimum absolute atomic E-state index is 0.102. The molecule has 4 aromatic rings. The molecular weight excluding hydrogens is 444 g/mol. The summed E-state index contributed by atoms with van der Waals surface area (Å²) >= 11 is 7.83. The van der Waals surface area contributed by atoms with Crippen LogP contribution in [0.1, 0.15) is 36.5 Å². The number of nitrogens with zero attached hydrogens (tertiary/aromatic N) is 6. The van der Waals surface area contributed by atoms with E-state index in [1.807, 2.05) is 62.4 Å². The van der Waals surface area contributed by atoms with Crippen molar-refractivity contribution >= 4 is 29.3 Å². The Kier molecular flexibility index (Phi) is 5.89. The SMILES string of the molecule is Cc1cccc(-c2nnc(C(C)Sc3nnc(N4CCCC4)n3-c3cccc(Cl)c3)o2)c1. The Hall–Kier alpha value is -2.84. The van der Waals surface area contributed by atoms with Crippen molar-refractivity contribution in [3.63, 3.8) is 0 Å². The van der Waals surface area contributed by atoms with Crippen LogP contribution in [0.15, 0.2) is 58.1 Å². The lowest BCUT2D eigenvalue weighted by Crippen LogP contribution is -2.22. The molecule has 1 aliphatic heterocycles. The third-order valence-electron chi connectivity index (χ3n) is 5.41. The number of halogens is 1. The smallest absolute Gasteiger partial charge is 0.247 e. The molecule has 0 spiro atoms. The highest BCUT2D eigenvalue weighted by atomic mass is 35.5. The summed E-state index contributed by atoms with van der Waals surface area (Å²) < 4.78 is 8.06. The van der Waals surface area contributed by atoms with E-state index in [0.717, 1.165) is 53.9 Å². The van der Waals surface area contributed by atoms with Crippen LogP contribution in [0.25, 0.3) is 17.1 Å². The molecule has 0 N–H and O–H groups in total. The van der Waals surface area contributed by atoms with E-state index < -0.39 is 0 Å². The fraction of sp³-hybridized carbons (Fsp3) is 0.304. The molecule has 1 aliphatic rings. The number of aryl methyl sites for hydroxylation is 1. The Morgan fingerprint density at radius 1 is 1.00 bits per heavy atom. The molecule has 0 radical (unpaired) electrons. The molecule has 5 rings (SSSR count). The van der Waals surface area contributed by atoms with Gasteiger partial charge in [0.1, 0.15) is 0 Å². The quantitative estimate of drug-likeness (QED) is 0.336. The molecule has 1 unspecified atom stereocenters. The fourth-order valence-corrected chi connectivity index (χ4v) is 4.88. The van der Waals surface area contributed by atoms with Crippen LogP contribution in [0.5, 0.6) is 0 Å². The van der Waals surface area contributed by atoms with Crippen molar-refractivity contribution in [2.75, 3.05) is 18.0 Å². The van der Waals surface area contributed by atoms with Gasteiger partial charge in [-0.25, -0.2) is 0 Å². The molecule has 0 amide bonds. The second-order valence-electron chi connectivity index (χ2n) is 7.87. The third kappa shape index (κ3) is 4.25. The molecule has 2 aromatic carbocycles. The predicted molar refractivity (Wildman–Crippen MR) is 127 cm³/mol. The van der Waals surface area contributed by atoms with Gasteiger partial charge in [-0.1, -0.05) is 47.1 Å². The van der Waals surface area contributed by atoms with Crippen molar-refractivity contribution in [3.05, 3.63) is 65.0 Å². The molecule has 9 heteroatoms. The van der Waals surface area contributed by atoms with E-state index in [2.05, 4.69) is 29.9 Å². The average molecular weight is 467 g/mol. The van der Waals surface area contributed by atoms with Crippen molar-refractivity contribution in [1.82, 2.24) is 25.0 Å². The lowest BCUT2D eigenvalue weighted by atomic mass is 10.1. The summed E-state index contributed by atoms with van der Waals surface area (Å²) in [5.74, 6) is 1.91. The second-order valence-corrected chi connectivity index (χ2v) is 9.61. The first-order valence-corrected chi connectivity index (χ1v) is 11.9. The topological polar surface area (TPSA) is 72.9 Å². The van der Waals surface area contributed by atoms with Gasteiger partial charge in [-0.05, 0) is 57.0 Å². The highest BCUT2D eigenvalue weighted by Gasteiger charge is 2.25. The molecule has 164 valence electrons. The lowest BCUT2D eigenvalue weighted by molar-refractivity contribution is 0.509. The average Bonchev–Trinajstić information content (AvgIpc) is 3.54. The summed E-state index contributed by atoms with van der Waals surface area (Å²) in [4.78, 5) is 2.27. The van der Waals surface area contributed by atoms with Gasteiger partial charge in [-0.15, -0.1) is 20.4 Å².